The highest BCUT2D eigenvalue weighted by Gasteiger charge is 2.20. The van der Waals surface area contributed by atoms with Crippen molar-refractivity contribution in [3.63, 3.8) is 0 Å². The Bertz CT molecular complexity index is 1150. The lowest BCUT2D eigenvalue weighted by Gasteiger charge is -2.26. The number of aryl methyl sites for hydroxylation is 2. The lowest BCUT2D eigenvalue weighted by atomic mass is 9.79. The molecule has 0 fully saturated rings. The zero-order chi connectivity index (χ0) is 24.2. The monoisotopic (exact) mass is 442 g/mol. The van der Waals surface area contributed by atoms with Crippen molar-refractivity contribution in [1.82, 2.24) is 0 Å². The SMILES string of the molecule is C/C=C(\C)C(C)(C)CCCc1c(F)cc(-c2cccc(-c3ccccc3C)c2C)cc1CC. The molecule has 0 radical (unpaired) electrons. The van der Waals surface area contributed by atoms with Gasteiger partial charge in [0, 0.05) is 0 Å². The van der Waals surface area contributed by atoms with E-state index in [1.165, 1.54) is 27.8 Å². The Balaban J connectivity index is 1.93. The molecule has 0 aliphatic carbocycles. The maximum absolute atomic E-state index is 15.4. The van der Waals surface area contributed by atoms with E-state index in [0.717, 1.165) is 47.9 Å². The van der Waals surface area contributed by atoms with Gasteiger partial charge < -0.3 is 0 Å². The molecule has 0 saturated heterocycles. The van der Waals surface area contributed by atoms with Crippen LogP contribution in [0, 0.1) is 25.1 Å². The van der Waals surface area contributed by atoms with E-state index in [1.54, 1.807) is 6.07 Å². The molecule has 3 aromatic carbocycles. The zero-order valence-electron chi connectivity index (χ0n) is 21.5. The third-order valence-corrected chi connectivity index (χ3v) is 7.48. The van der Waals surface area contributed by atoms with Crippen LogP contribution in [0.4, 0.5) is 4.39 Å². The van der Waals surface area contributed by atoms with E-state index in [0.29, 0.717) is 0 Å². The summed E-state index contributed by atoms with van der Waals surface area (Å²) in [5, 5.41) is 0. The summed E-state index contributed by atoms with van der Waals surface area (Å²) in [4.78, 5) is 0. The number of allylic oxidation sites excluding steroid dienone is 2. The molecule has 0 aliphatic rings. The minimum atomic E-state index is -0.0643. The van der Waals surface area contributed by atoms with Crippen molar-refractivity contribution >= 4 is 0 Å². The summed E-state index contributed by atoms with van der Waals surface area (Å²) < 4.78 is 15.4. The predicted octanol–water partition coefficient (Wildman–Crippen LogP) is 9.65. The second kappa shape index (κ2) is 10.5. The van der Waals surface area contributed by atoms with Crippen LogP contribution in [0.1, 0.15) is 69.7 Å². The van der Waals surface area contributed by atoms with Crippen LogP contribution in [0.5, 0.6) is 0 Å². The Kier molecular flexibility index (Phi) is 7.95. The van der Waals surface area contributed by atoms with Crippen molar-refractivity contribution in [3.8, 4) is 22.3 Å². The summed E-state index contributed by atoms with van der Waals surface area (Å²) in [6, 6.07) is 18.8. The number of rotatable bonds is 8. The van der Waals surface area contributed by atoms with E-state index in [9.17, 15) is 0 Å². The highest BCUT2D eigenvalue weighted by atomic mass is 19.1. The van der Waals surface area contributed by atoms with Crippen LogP contribution < -0.4 is 0 Å². The fraction of sp³-hybridized carbons (Fsp3) is 0.375. The molecule has 0 spiro atoms. The molecule has 0 N–H and O–H groups in total. The van der Waals surface area contributed by atoms with Gasteiger partial charge in [-0.05, 0) is 109 Å². The second-order valence-corrected chi connectivity index (χ2v) is 9.95. The molecule has 1 heteroatoms. The van der Waals surface area contributed by atoms with Crippen molar-refractivity contribution in [2.24, 2.45) is 5.41 Å². The summed E-state index contributed by atoms with van der Waals surface area (Å²) in [7, 11) is 0. The number of hydrogen-bond donors (Lipinski definition) is 0. The maximum Gasteiger partial charge on any atom is 0.127 e. The molecule has 33 heavy (non-hydrogen) atoms. The molecule has 0 atom stereocenters. The number of hydrogen-bond acceptors (Lipinski definition) is 0. The molecule has 0 aliphatic heterocycles. The van der Waals surface area contributed by atoms with E-state index in [2.05, 4.69) is 103 Å². The number of halogens is 1. The van der Waals surface area contributed by atoms with Gasteiger partial charge in [0.1, 0.15) is 5.82 Å². The van der Waals surface area contributed by atoms with Gasteiger partial charge in [0.05, 0.1) is 0 Å². The predicted molar refractivity (Wildman–Crippen MR) is 142 cm³/mol. The van der Waals surface area contributed by atoms with E-state index in [4.69, 9.17) is 0 Å². The Hall–Kier alpha value is -2.67. The normalized spacial score (nSPS) is 12.3. The maximum atomic E-state index is 15.4. The van der Waals surface area contributed by atoms with Gasteiger partial charge in [0.15, 0.2) is 0 Å². The lowest BCUT2D eigenvalue weighted by Crippen LogP contribution is -2.13. The molecule has 3 aromatic rings. The van der Waals surface area contributed by atoms with Crippen LogP contribution >= 0.6 is 0 Å². The van der Waals surface area contributed by atoms with Gasteiger partial charge in [0.2, 0.25) is 0 Å². The van der Waals surface area contributed by atoms with Gasteiger partial charge in [-0.2, -0.15) is 0 Å². The third-order valence-electron chi connectivity index (χ3n) is 7.48. The van der Waals surface area contributed by atoms with E-state index < -0.39 is 0 Å². The summed E-state index contributed by atoms with van der Waals surface area (Å²) in [5.74, 6) is -0.0643. The molecular formula is C32H39F. The highest BCUT2D eigenvalue weighted by Crippen LogP contribution is 2.36. The topological polar surface area (TPSA) is 0 Å². The minimum Gasteiger partial charge on any atom is -0.207 e. The quantitative estimate of drug-likeness (QED) is 0.305. The zero-order valence-corrected chi connectivity index (χ0v) is 21.5. The van der Waals surface area contributed by atoms with Crippen LogP contribution in [-0.4, -0.2) is 0 Å². The molecule has 0 bridgehead atoms. The Morgan fingerprint density at radius 1 is 0.939 bits per heavy atom. The molecule has 0 heterocycles. The Morgan fingerprint density at radius 3 is 2.27 bits per heavy atom. The van der Waals surface area contributed by atoms with Gasteiger partial charge in [-0.15, -0.1) is 0 Å². The van der Waals surface area contributed by atoms with Crippen molar-refractivity contribution in [3.05, 3.63) is 94.3 Å². The molecular weight excluding hydrogens is 403 g/mol. The van der Waals surface area contributed by atoms with E-state index in [-0.39, 0.29) is 11.2 Å². The summed E-state index contributed by atoms with van der Waals surface area (Å²) in [6.07, 6.45) is 5.88. The van der Waals surface area contributed by atoms with Gasteiger partial charge in [-0.25, -0.2) is 4.39 Å². The molecule has 174 valence electrons. The highest BCUT2D eigenvalue weighted by molar-refractivity contribution is 5.80. The van der Waals surface area contributed by atoms with Gasteiger partial charge in [0.25, 0.3) is 0 Å². The largest absolute Gasteiger partial charge is 0.207 e. The first-order valence-corrected chi connectivity index (χ1v) is 12.3. The van der Waals surface area contributed by atoms with Crippen LogP contribution in [-0.2, 0) is 12.8 Å². The van der Waals surface area contributed by atoms with E-state index >= 15 is 4.39 Å². The van der Waals surface area contributed by atoms with Crippen molar-refractivity contribution < 1.29 is 4.39 Å². The van der Waals surface area contributed by atoms with Crippen LogP contribution in [0.15, 0.2) is 66.2 Å². The average Bonchev–Trinajstić information content (AvgIpc) is 2.80. The first-order valence-electron chi connectivity index (χ1n) is 12.3. The average molecular weight is 443 g/mol. The third kappa shape index (κ3) is 5.46. The fourth-order valence-corrected chi connectivity index (χ4v) is 4.85. The molecule has 0 nitrogen and oxygen atoms in total. The molecule has 0 saturated carbocycles. The molecule has 3 rings (SSSR count). The fourth-order valence-electron chi connectivity index (χ4n) is 4.85. The van der Waals surface area contributed by atoms with Gasteiger partial charge in [-0.3, -0.25) is 0 Å². The molecule has 0 aromatic heterocycles. The summed E-state index contributed by atoms with van der Waals surface area (Å²) >= 11 is 0. The summed E-state index contributed by atoms with van der Waals surface area (Å²) in [5.41, 5.74) is 10.6. The first-order chi connectivity index (χ1) is 15.7. The molecule has 0 unspecified atom stereocenters. The van der Waals surface area contributed by atoms with Gasteiger partial charge >= 0.3 is 0 Å². The standard InChI is InChI=1S/C32H39F/c1-8-23(4)32(6,7)19-13-18-30-25(9-2)20-26(21-31(30)33)28-16-12-17-29(24(28)5)27-15-11-10-14-22(27)3/h8,10-12,14-17,20-21H,9,13,18-19H2,1-7H3/b23-8+. The Labute approximate surface area is 200 Å². The first kappa shape index (κ1) is 25.0. The van der Waals surface area contributed by atoms with Crippen molar-refractivity contribution in [1.29, 1.82) is 0 Å². The van der Waals surface area contributed by atoms with E-state index in [1.807, 2.05) is 0 Å². The van der Waals surface area contributed by atoms with Crippen LogP contribution in [0.2, 0.25) is 0 Å². The minimum absolute atomic E-state index is 0.0643. The van der Waals surface area contributed by atoms with Crippen molar-refractivity contribution in [2.75, 3.05) is 0 Å². The van der Waals surface area contributed by atoms with Crippen molar-refractivity contribution in [2.45, 2.75) is 74.1 Å². The lowest BCUT2D eigenvalue weighted by molar-refractivity contribution is 0.392. The van der Waals surface area contributed by atoms with Gasteiger partial charge in [-0.1, -0.05) is 81.0 Å². The van der Waals surface area contributed by atoms with Crippen LogP contribution in [0.25, 0.3) is 22.3 Å². The smallest absolute Gasteiger partial charge is 0.127 e. The molecule has 0 amide bonds. The summed E-state index contributed by atoms with van der Waals surface area (Å²) in [6.45, 7) is 15.3. The Morgan fingerprint density at radius 2 is 1.61 bits per heavy atom. The van der Waals surface area contributed by atoms with Crippen LogP contribution in [0.3, 0.4) is 0 Å². The second-order valence-electron chi connectivity index (χ2n) is 9.95. The number of benzene rings is 3.